The molecule has 0 spiro atoms. The molecule has 0 unspecified atom stereocenters. The Balaban J connectivity index is 3.79. The molecule has 0 amide bonds. The van der Waals surface area contributed by atoms with Crippen LogP contribution in [-0.2, 0) is 15.5 Å². The van der Waals surface area contributed by atoms with E-state index in [1.165, 1.54) is 12.1 Å². The summed E-state index contributed by atoms with van der Waals surface area (Å²) in [5.74, 6) is 0. The second-order valence-corrected chi connectivity index (χ2v) is 5.54. The number of carbonyl (C=O) groups excluding carboxylic acids is 1. The Morgan fingerprint density at radius 2 is 2.12 bits per heavy atom. The van der Waals surface area contributed by atoms with Gasteiger partial charge in [-0.2, -0.15) is 5.26 Å². The van der Waals surface area contributed by atoms with Crippen molar-refractivity contribution < 1.29 is 13.2 Å². The molecule has 0 atom stereocenters. The van der Waals surface area contributed by atoms with Crippen LogP contribution in [-0.4, -0.2) is 14.7 Å². The largest absolute Gasteiger partial charge is 0.298 e. The van der Waals surface area contributed by atoms with Crippen molar-refractivity contribution in [2.24, 2.45) is 0 Å². The van der Waals surface area contributed by atoms with E-state index in [4.69, 9.17) is 15.9 Å². The van der Waals surface area contributed by atoms with Crippen molar-refractivity contribution in [3.8, 4) is 6.07 Å². The third-order valence-corrected chi connectivity index (χ3v) is 3.55. The molecule has 1 aromatic rings. The molecule has 0 aliphatic rings. The number of halogens is 1. The van der Waals surface area contributed by atoms with Gasteiger partial charge in [-0.1, -0.05) is 19.1 Å². The minimum Gasteiger partial charge on any atom is -0.298 e. The van der Waals surface area contributed by atoms with Gasteiger partial charge >= 0.3 is 0 Å². The number of nitriles is 1. The van der Waals surface area contributed by atoms with Crippen molar-refractivity contribution in [3.63, 3.8) is 0 Å². The van der Waals surface area contributed by atoms with E-state index < -0.39 is 9.05 Å². The van der Waals surface area contributed by atoms with Crippen LogP contribution in [0, 0.1) is 11.3 Å². The van der Waals surface area contributed by atoms with Crippen molar-refractivity contribution in [3.05, 3.63) is 28.8 Å². The van der Waals surface area contributed by atoms with E-state index in [0.29, 0.717) is 18.3 Å². The van der Waals surface area contributed by atoms with Gasteiger partial charge in [-0.3, -0.25) is 4.79 Å². The summed E-state index contributed by atoms with van der Waals surface area (Å²) in [7, 11) is 1.23. The normalized spacial score (nSPS) is 10.8. The van der Waals surface area contributed by atoms with Crippen LogP contribution in [0.15, 0.2) is 17.0 Å². The van der Waals surface area contributed by atoms with E-state index in [9.17, 15) is 13.2 Å². The highest BCUT2D eigenvalue weighted by Gasteiger charge is 2.22. The fraction of sp³-hybridized carbons (Fsp3) is 0.200. The molecule has 0 N–H and O–H groups in total. The molecule has 84 valence electrons. The minimum absolute atomic E-state index is 0.0268. The third-order valence-electron chi connectivity index (χ3n) is 2.13. The highest BCUT2D eigenvalue weighted by atomic mass is 35.7. The summed E-state index contributed by atoms with van der Waals surface area (Å²) in [6.07, 6.45) is 0.846. The van der Waals surface area contributed by atoms with Gasteiger partial charge in [0.25, 0.3) is 9.05 Å². The summed E-state index contributed by atoms with van der Waals surface area (Å²) in [6, 6.07) is 4.60. The Labute approximate surface area is 97.9 Å². The molecule has 0 saturated heterocycles. The zero-order valence-corrected chi connectivity index (χ0v) is 9.97. The zero-order valence-electron chi connectivity index (χ0n) is 8.40. The van der Waals surface area contributed by atoms with Crippen molar-refractivity contribution in [1.82, 2.24) is 0 Å². The van der Waals surface area contributed by atoms with Crippen LogP contribution in [0.25, 0.3) is 0 Å². The summed E-state index contributed by atoms with van der Waals surface area (Å²) in [5, 5.41) is 8.88. The van der Waals surface area contributed by atoms with Gasteiger partial charge in [-0.05, 0) is 12.0 Å². The van der Waals surface area contributed by atoms with Gasteiger partial charge in [0, 0.05) is 16.2 Å². The van der Waals surface area contributed by atoms with Gasteiger partial charge < -0.3 is 0 Å². The molecular formula is C10H8ClNO3S. The fourth-order valence-corrected chi connectivity index (χ4v) is 2.87. The van der Waals surface area contributed by atoms with Crippen LogP contribution in [0.5, 0.6) is 0 Å². The monoisotopic (exact) mass is 257 g/mol. The van der Waals surface area contributed by atoms with E-state index in [2.05, 4.69) is 0 Å². The van der Waals surface area contributed by atoms with Crippen LogP contribution >= 0.6 is 10.7 Å². The maximum atomic E-state index is 11.4. The molecule has 0 heterocycles. The lowest BCUT2D eigenvalue weighted by atomic mass is 10.0. The average molecular weight is 258 g/mol. The molecule has 1 aromatic carbocycles. The smallest absolute Gasteiger partial charge is 0.262 e. The standard InChI is InChI=1S/C10H8ClNO3S/c1-2-7-3-4-8(6-13)9(5-12)10(7)16(11,14)15/h3-4,6H,2H2,1H3. The summed E-state index contributed by atoms with van der Waals surface area (Å²) in [4.78, 5) is 10.4. The van der Waals surface area contributed by atoms with Crippen molar-refractivity contribution >= 4 is 26.0 Å². The van der Waals surface area contributed by atoms with E-state index >= 15 is 0 Å². The second kappa shape index (κ2) is 4.64. The number of rotatable bonds is 3. The first-order valence-corrected chi connectivity index (χ1v) is 6.72. The number of hydrogen-bond acceptors (Lipinski definition) is 4. The molecule has 0 aliphatic heterocycles. The van der Waals surface area contributed by atoms with Crippen LogP contribution in [0.4, 0.5) is 0 Å². The molecule has 0 radical (unpaired) electrons. The van der Waals surface area contributed by atoms with Crippen LogP contribution < -0.4 is 0 Å². The van der Waals surface area contributed by atoms with Gasteiger partial charge in [0.1, 0.15) is 11.0 Å². The fourth-order valence-electron chi connectivity index (χ4n) is 1.41. The SMILES string of the molecule is CCc1ccc(C=O)c(C#N)c1S(=O)(=O)Cl. The molecule has 0 aliphatic carbocycles. The van der Waals surface area contributed by atoms with Gasteiger partial charge in [0.15, 0.2) is 6.29 Å². The first kappa shape index (κ1) is 12.7. The first-order chi connectivity index (χ1) is 7.45. The molecule has 0 bridgehead atoms. The molecule has 0 fully saturated rings. The van der Waals surface area contributed by atoms with Gasteiger partial charge in [0.2, 0.25) is 0 Å². The maximum Gasteiger partial charge on any atom is 0.262 e. The Kier molecular flexibility index (Phi) is 3.68. The lowest BCUT2D eigenvalue weighted by Crippen LogP contribution is -2.04. The zero-order chi connectivity index (χ0) is 12.3. The van der Waals surface area contributed by atoms with Gasteiger partial charge in [0.05, 0.1) is 5.56 Å². The van der Waals surface area contributed by atoms with E-state index in [0.717, 1.165) is 0 Å². The topological polar surface area (TPSA) is 75.0 Å². The summed E-state index contributed by atoms with van der Waals surface area (Å²) in [5.41, 5.74) is 0.264. The Morgan fingerprint density at radius 1 is 1.50 bits per heavy atom. The lowest BCUT2D eigenvalue weighted by molar-refractivity contribution is 0.112. The molecular weight excluding hydrogens is 250 g/mol. The van der Waals surface area contributed by atoms with E-state index in [1.54, 1.807) is 13.0 Å². The molecule has 4 nitrogen and oxygen atoms in total. The number of hydrogen-bond donors (Lipinski definition) is 0. The first-order valence-electron chi connectivity index (χ1n) is 4.41. The highest BCUT2D eigenvalue weighted by molar-refractivity contribution is 8.13. The maximum absolute atomic E-state index is 11.4. The Morgan fingerprint density at radius 3 is 2.50 bits per heavy atom. The molecule has 16 heavy (non-hydrogen) atoms. The second-order valence-electron chi connectivity index (χ2n) is 3.04. The quantitative estimate of drug-likeness (QED) is 0.612. The van der Waals surface area contributed by atoms with Gasteiger partial charge in [-0.25, -0.2) is 8.42 Å². The minimum atomic E-state index is -4.03. The predicted molar refractivity (Wildman–Crippen MR) is 59.0 cm³/mol. The van der Waals surface area contributed by atoms with Crippen LogP contribution in [0.1, 0.15) is 28.4 Å². The number of carbonyl (C=O) groups is 1. The molecule has 6 heteroatoms. The van der Waals surface area contributed by atoms with Crippen LogP contribution in [0.2, 0.25) is 0 Å². The number of aryl methyl sites for hydroxylation is 1. The Hall–Kier alpha value is -1.38. The third kappa shape index (κ3) is 2.23. The number of benzene rings is 1. The molecule has 0 saturated carbocycles. The summed E-state index contributed by atoms with van der Waals surface area (Å²) in [6.45, 7) is 1.74. The predicted octanol–water partition coefficient (Wildman–Crippen LogP) is 1.86. The van der Waals surface area contributed by atoms with Gasteiger partial charge in [-0.15, -0.1) is 0 Å². The van der Waals surface area contributed by atoms with E-state index in [1.807, 2.05) is 0 Å². The van der Waals surface area contributed by atoms with Crippen molar-refractivity contribution in [2.45, 2.75) is 18.2 Å². The summed E-state index contributed by atoms with van der Waals surface area (Å²) >= 11 is 0. The van der Waals surface area contributed by atoms with Crippen molar-refractivity contribution in [2.75, 3.05) is 0 Å². The number of nitrogens with zero attached hydrogens (tertiary/aromatic N) is 1. The Bertz CT molecular complexity index is 572. The average Bonchev–Trinajstić information content (AvgIpc) is 2.25. The number of aldehydes is 1. The molecule has 1 rings (SSSR count). The lowest BCUT2D eigenvalue weighted by Gasteiger charge is -2.07. The van der Waals surface area contributed by atoms with E-state index in [-0.39, 0.29) is 16.0 Å². The summed E-state index contributed by atoms with van der Waals surface area (Å²) < 4.78 is 22.7. The highest BCUT2D eigenvalue weighted by Crippen LogP contribution is 2.26. The molecule has 0 aromatic heterocycles. The van der Waals surface area contributed by atoms with Crippen LogP contribution in [0.3, 0.4) is 0 Å². The van der Waals surface area contributed by atoms with Crippen molar-refractivity contribution in [1.29, 1.82) is 5.26 Å².